The Hall–Kier alpha value is -1.56. The number of carbonyl (C=O) groups excluding carboxylic acids is 1. The van der Waals surface area contributed by atoms with Crippen LogP contribution in [0.4, 0.5) is 0 Å². The number of nitrogens with one attached hydrogen (secondary N) is 1. The molecule has 21 heavy (non-hydrogen) atoms. The SMILES string of the molecule is CC(C)(C(=O)NC1CCCCC1)n1cc(OCCN)cn1. The van der Waals surface area contributed by atoms with Crippen LogP contribution in [0.1, 0.15) is 46.0 Å². The molecule has 0 bridgehead atoms. The molecule has 1 aromatic heterocycles. The van der Waals surface area contributed by atoms with E-state index in [1.54, 1.807) is 17.1 Å². The van der Waals surface area contributed by atoms with E-state index in [0.717, 1.165) is 12.8 Å². The van der Waals surface area contributed by atoms with E-state index in [2.05, 4.69) is 10.4 Å². The van der Waals surface area contributed by atoms with Crippen molar-refractivity contribution in [1.82, 2.24) is 15.1 Å². The van der Waals surface area contributed by atoms with Crippen molar-refractivity contribution in [2.24, 2.45) is 5.73 Å². The van der Waals surface area contributed by atoms with Gasteiger partial charge in [0.2, 0.25) is 5.91 Å². The third kappa shape index (κ3) is 3.97. The number of amides is 1. The van der Waals surface area contributed by atoms with Gasteiger partial charge in [-0.15, -0.1) is 0 Å². The largest absolute Gasteiger partial charge is 0.489 e. The number of hydrogen-bond donors (Lipinski definition) is 2. The maximum atomic E-state index is 12.5. The summed E-state index contributed by atoms with van der Waals surface area (Å²) in [7, 11) is 0. The third-order valence-corrected chi connectivity index (χ3v) is 4.01. The first-order valence-electron chi connectivity index (χ1n) is 7.73. The number of carbonyl (C=O) groups is 1. The average molecular weight is 294 g/mol. The fraction of sp³-hybridized carbons (Fsp3) is 0.733. The highest BCUT2D eigenvalue weighted by atomic mass is 16.5. The Bertz CT molecular complexity index is 464. The summed E-state index contributed by atoms with van der Waals surface area (Å²) in [5, 5.41) is 7.39. The maximum absolute atomic E-state index is 12.5. The van der Waals surface area contributed by atoms with Crippen LogP contribution in [0.5, 0.6) is 5.75 Å². The Kier molecular flexibility index (Phi) is 5.22. The van der Waals surface area contributed by atoms with Crippen molar-refractivity contribution in [2.45, 2.75) is 57.5 Å². The van der Waals surface area contributed by atoms with Gasteiger partial charge in [0.05, 0.1) is 12.4 Å². The molecule has 0 aromatic carbocycles. The van der Waals surface area contributed by atoms with Gasteiger partial charge in [-0.1, -0.05) is 19.3 Å². The molecule has 6 nitrogen and oxygen atoms in total. The van der Waals surface area contributed by atoms with Gasteiger partial charge in [0.25, 0.3) is 0 Å². The number of ether oxygens (including phenoxy) is 1. The van der Waals surface area contributed by atoms with Crippen LogP contribution in [0.25, 0.3) is 0 Å². The highest BCUT2D eigenvalue weighted by Crippen LogP contribution is 2.22. The van der Waals surface area contributed by atoms with Crippen molar-refractivity contribution in [3.63, 3.8) is 0 Å². The molecular weight excluding hydrogens is 268 g/mol. The molecule has 2 rings (SSSR count). The van der Waals surface area contributed by atoms with Gasteiger partial charge in [-0.3, -0.25) is 9.48 Å². The Morgan fingerprint density at radius 1 is 1.48 bits per heavy atom. The molecule has 1 amide bonds. The fourth-order valence-corrected chi connectivity index (χ4v) is 2.58. The van der Waals surface area contributed by atoms with Crippen LogP contribution in [-0.4, -0.2) is 34.9 Å². The Balaban J connectivity index is 1.98. The molecule has 6 heteroatoms. The van der Waals surface area contributed by atoms with E-state index in [-0.39, 0.29) is 5.91 Å². The van der Waals surface area contributed by atoms with Gasteiger partial charge in [-0.25, -0.2) is 0 Å². The minimum atomic E-state index is -0.734. The lowest BCUT2D eigenvalue weighted by atomic mass is 9.94. The molecule has 0 unspecified atom stereocenters. The number of hydrogen-bond acceptors (Lipinski definition) is 4. The van der Waals surface area contributed by atoms with Gasteiger partial charge in [0.15, 0.2) is 5.75 Å². The topological polar surface area (TPSA) is 82.2 Å². The number of nitrogens with two attached hydrogens (primary N) is 1. The lowest BCUT2D eigenvalue weighted by Gasteiger charge is -2.29. The van der Waals surface area contributed by atoms with Gasteiger partial charge in [0, 0.05) is 12.6 Å². The highest BCUT2D eigenvalue weighted by molar-refractivity contribution is 5.83. The Labute approximate surface area is 126 Å². The zero-order valence-corrected chi connectivity index (χ0v) is 13.0. The zero-order chi connectivity index (χ0) is 15.3. The van der Waals surface area contributed by atoms with Gasteiger partial charge >= 0.3 is 0 Å². The van der Waals surface area contributed by atoms with E-state index in [9.17, 15) is 4.79 Å². The van der Waals surface area contributed by atoms with E-state index < -0.39 is 5.54 Å². The summed E-state index contributed by atoms with van der Waals surface area (Å²) in [5.74, 6) is 0.641. The number of rotatable bonds is 6. The standard InChI is InChI=1S/C15H26N4O2/c1-15(2,14(20)18-12-6-4-3-5-7-12)19-11-13(10-17-19)21-9-8-16/h10-12H,3-9,16H2,1-2H3,(H,18,20). The van der Waals surface area contributed by atoms with Gasteiger partial charge in [-0.05, 0) is 26.7 Å². The van der Waals surface area contributed by atoms with E-state index in [1.165, 1.54) is 19.3 Å². The summed E-state index contributed by atoms with van der Waals surface area (Å²) in [6.07, 6.45) is 9.18. The zero-order valence-electron chi connectivity index (χ0n) is 13.0. The van der Waals surface area contributed by atoms with Crippen molar-refractivity contribution in [3.05, 3.63) is 12.4 Å². The monoisotopic (exact) mass is 294 g/mol. The Morgan fingerprint density at radius 3 is 2.86 bits per heavy atom. The quantitative estimate of drug-likeness (QED) is 0.831. The van der Waals surface area contributed by atoms with Gasteiger partial charge in [0.1, 0.15) is 12.1 Å². The van der Waals surface area contributed by atoms with Gasteiger partial charge < -0.3 is 15.8 Å². The fourth-order valence-electron chi connectivity index (χ4n) is 2.58. The molecule has 0 atom stereocenters. The number of aromatic nitrogens is 2. The smallest absolute Gasteiger partial charge is 0.247 e. The minimum absolute atomic E-state index is 0.00266. The van der Waals surface area contributed by atoms with E-state index >= 15 is 0 Å². The lowest BCUT2D eigenvalue weighted by Crippen LogP contribution is -2.49. The van der Waals surface area contributed by atoms with Crippen LogP contribution < -0.4 is 15.8 Å². The second-order valence-electron chi connectivity index (χ2n) is 6.13. The number of nitrogens with zero attached hydrogens (tertiary/aromatic N) is 2. The second kappa shape index (κ2) is 6.93. The van der Waals surface area contributed by atoms with Crippen molar-refractivity contribution >= 4 is 5.91 Å². The van der Waals surface area contributed by atoms with Crippen molar-refractivity contribution in [1.29, 1.82) is 0 Å². The average Bonchev–Trinajstić information content (AvgIpc) is 2.95. The maximum Gasteiger partial charge on any atom is 0.247 e. The predicted molar refractivity (Wildman–Crippen MR) is 81.1 cm³/mol. The van der Waals surface area contributed by atoms with E-state index in [1.807, 2.05) is 13.8 Å². The summed E-state index contributed by atoms with van der Waals surface area (Å²) in [4.78, 5) is 12.5. The molecular formula is C15H26N4O2. The summed E-state index contributed by atoms with van der Waals surface area (Å²) < 4.78 is 7.07. The molecule has 1 saturated carbocycles. The molecule has 118 valence electrons. The molecule has 1 fully saturated rings. The normalized spacial score (nSPS) is 16.7. The second-order valence-corrected chi connectivity index (χ2v) is 6.13. The Morgan fingerprint density at radius 2 is 2.19 bits per heavy atom. The lowest BCUT2D eigenvalue weighted by molar-refractivity contribution is -0.129. The summed E-state index contributed by atoms with van der Waals surface area (Å²) in [6.45, 7) is 4.63. The summed E-state index contributed by atoms with van der Waals surface area (Å²) in [5.41, 5.74) is 4.67. The molecule has 0 saturated heterocycles. The van der Waals surface area contributed by atoms with E-state index in [0.29, 0.717) is 24.9 Å². The van der Waals surface area contributed by atoms with Crippen LogP contribution in [-0.2, 0) is 10.3 Å². The highest BCUT2D eigenvalue weighted by Gasteiger charge is 2.32. The molecule has 0 aliphatic heterocycles. The first-order chi connectivity index (χ1) is 10.0. The van der Waals surface area contributed by atoms with Crippen molar-refractivity contribution in [3.8, 4) is 5.75 Å². The van der Waals surface area contributed by atoms with Crippen LogP contribution in [0.2, 0.25) is 0 Å². The predicted octanol–water partition coefficient (Wildman–Crippen LogP) is 1.40. The molecule has 3 N–H and O–H groups in total. The molecule has 1 aromatic rings. The van der Waals surface area contributed by atoms with Crippen LogP contribution >= 0.6 is 0 Å². The molecule has 1 heterocycles. The first kappa shape index (κ1) is 15.8. The third-order valence-electron chi connectivity index (χ3n) is 4.01. The van der Waals surface area contributed by atoms with Crippen molar-refractivity contribution < 1.29 is 9.53 Å². The van der Waals surface area contributed by atoms with Crippen LogP contribution in [0.3, 0.4) is 0 Å². The van der Waals surface area contributed by atoms with E-state index in [4.69, 9.17) is 10.5 Å². The molecule has 1 aliphatic rings. The summed E-state index contributed by atoms with van der Waals surface area (Å²) >= 11 is 0. The molecule has 0 radical (unpaired) electrons. The van der Waals surface area contributed by atoms with Crippen LogP contribution in [0, 0.1) is 0 Å². The van der Waals surface area contributed by atoms with Crippen molar-refractivity contribution in [2.75, 3.05) is 13.2 Å². The van der Waals surface area contributed by atoms with Gasteiger partial charge in [-0.2, -0.15) is 5.10 Å². The summed E-state index contributed by atoms with van der Waals surface area (Å²) in [6, 6.07) is 0.300. The molecule has 1 aliphatic carbocycles. The molecule has 0 spiro atoms. The minimum Gasteiger partial charge on any atom is -0.489 e. The van der Waals surface area contributed by atoms with Crippen LogP contribution in [0.15, 0.2) is 12.4 Å². The first-order valence-corrected chi connectivity index (χ1v) is 7.73.